The molecular formula is C44H44N4. The van der Waals surface area contributed by atoms with Gasteiger partial charge in [-0.3, -0.25) is 4.57 Å². The number of rotatable bonds is 8. The van der Waals surface area contributed by atoms with Crippen LogP contribution in [0.2, 0.25) is 0 Å². The lowest BCUT2D eigenvalue weighted by Crippen LogP contribution is -2.14. The predicted octanol–water partition coefficient (Wildman–Crippen LogP) is 11.6. The van der Waals surface area contributed by atoms with Crippen molar-refractivity contribution in [2.24, 2.45) is 11.3 Å². The van der Waals surface area contributed by atoms with Crippen LogP contribution in [0.15, 0.2) is 110 Å². The van der Waals surface area contributed by atoms with Crippen molar-refractivity contribution in [1.29, 1.82) is 0 Å². The molecule has 0 fully saturated rings. The molecular weight excluding hydrogens is 585 g/mol. The molecule has 7 aromatic rings. The van der Waals surface area contributed by atoms with Gasteiger partial charge in [-0.05, 0) is 54.5 Å². The highest BCUT2D eigenvalue weighted by Gasteiger charge is 2.24. The molecule has 4 aromatic carbocycles. The van der Waals surface area contributed by atoms with Gasteiger partial charge >= 0.3 is 0 Å². The van der Waals surface area contributed by atoms with Gasteiger partial charge in [0, 0.05) is 45.5 Å². The largest absolute Gasteiger partial charge is 0.307 e. The Morgan fingerprint density at radius 1 is 0.771 bits per heavy atom. The molecule has 0 unspecified atom stereocenters. The number of hydrogen-bond donors (Lipinski definition) is 0. The summed E-state index contributed by atoms with van der Waals surface area (Å²) < 4.78 is 4.78. The topological polar surface area (TPSA) is 35.6 Å². The van der Waals surface area contributed by atoms with Crippen LogP contribution in [0.3, 0.4) is 0 Å². The van der Waals surface area contributed by atoms with Crippen LogP contribution in [-0.4, -0.2) is 19.1 Å². The molecule has 4 heteroatoms. The first-order chi connectivity index (χ1) is 23.2. The summed E-state index contributed by atoms with van der Waals surface area (Å²) in [4.78, 5) is 10.5. The molecule has 48 heavy (non-hydrogen) atoms. The molecule has 0 aliphatic rings. The van der Waals surface area contributed by atoms with Crippen molar-refractivity contribution >= 4 is 44.9 Å². The summed E-state index contributed by atoms with van der Waals surface area (Å²) in [6, 6.07) is 34.9. The zero-order valence-electron chi connectivity index (χ0n) is 29.0. The molecule has 4 nitrogen and oxygen atoms in total. The Kier molecular flexibility index (Phi) is 8.12. The highest BCUT2D eigenvalue weighted by molar-refractivity contribution is 6.19. The second-order valence-electron chi connectivity index (χ2n) is 14.4. The van der Waals surface area contributed by atoms with Gasteiger partial charge in [0.2, 0.25) is 0 Å². The van der Waals surface area contributed by atoms with Crippen LogP contribution >= 0.6 is 0 Å². The third-order valence-electron chi connectivity index (χ3n) is 8.93. The van der Waals surface area contributed by atoms with Crippen LogP contribution in [0.25, 0.3) is 67.6 Å². The molecule has 0 aliphatic carbocycles. The Morgan fingerprint density at radius 2 is 1.50 bits per heavy atom. The summed E-state index contributed by atoms with van der Waals surface area (Å²) in [6.07, 6.45) is 8.12. The Labute approximate surface area is 284 Å². The summed E-state index contributed by atoms with van der Waals surface area (Å²) >= 11 is 0. The van der Waals surface area contributed by atoms with Gasteiger partial charge in [-0.2, -0.15) is 0 Å². The average Bonchev–Trinajstić information content (AvgIpc) is 3.57. The molecule has 0 aliphatic heterocycles. The predicted molar refractivity (Wildman–Crippen MR) is 205 cm³/mol. The third kappa shape index (κ3) is 5.66. The lowest BCUT2D eigenvalue weighted by atomic mass is 9.92. The number of benzene rings is 4. The van der Waals surface area contributed by atoms with Crippen molar-refractivity contribution in [3.05, 3.63) is 132 Å². The van der Waals surface area contributed by atoms with E-state index in [1.54, 1.807) is 0 Å². The van der Waals surface area contributed by atoms with E-state index in [1.807, 2.05) is 6.08 Å². The minimum Gasteiger partial charge on any atom is -0.307 e. The maximum absolute atomic E-state index is 5.34. The molecule has 0 bridgehead atoms. The van der Waals surface area contributed by atoms with Gasteiger partial charge in [0.1, 0.15) is 11.6 Å². The highest BCUT2D eigenvalue weighted by Crippen LogP contribution is 2.42. The lowest BCUT2D eigenvalue weighted by Gasteiger charge is -2.19. The summed E-state index contributed by atoms with van der Waals surface area (Å²) in [5, 5.41) is 3.57. The Balaban J connectivity index is 1.65. The van der Waals surface area contributed by atoms with Gasteiger partial charge in [-0.1, -0.05) is 126 Å². The van der Waals surface area contributed by atoms with E-state index in [1.165, 1.54) is 21.7 Å². The molecule has 3 aromatic heterocycles. The molecule has 3 heterocycles. The van der Waals surface area contributed by atoms with E-state index in [4.69, 9.17) is 9.97 Å². The molecule has 0 amide bonds. The number of allylic oxidation sites excluding steroid dienone is 1. The zero-order valence-corrected chi connectivity index (χ0v) is 29.0. The minimum absolute atomic E-state index is 0.0244. The first-order valence-corrected chi connectivity index (χ1v) is 17.1. The van der Waals surface area contributed by atoms with E-state index >= 15 is 0 Å². The SMILES string of the molecule is C=Cc1c(/C=C\C)c2ccc3c4ccccc4n(-c4cc(-c5ccccc5)nc(CC(C)(C)C)n4)c3c2n1-c1cccc(CC(C)C)c1. The van der Waals surface area contributed by atoms with Crippen molar-refractivity contribution in [3.63, 3.8) is 0 Å². The minimum atomic E-state index is 0.0244. The van der Waals surface area contributed by atoms with Gasteiger partial charge in [-0.15, -0.1) is 0 Å². The van der Waals surface area contributed by atoms with Gasteiger partial charge < -0.3 is 4.57 Å². The number of nitrogens with zero attached hydrogens (tertiary/aromatic N) is 4. The fourth-order valence-corrected chi connectivity index (χ4v) is 7.11. The smallest absolute Gasteiger partial charge is 0.142 e. The lowest BCUT2D eigenvalue weighted by molar-refractivity contribution is 0.400. The Morgan fingerprint density at radius 3 is 2.23 bits per heavy atom. The van der Waals surface area contributed by atoms with Crippen molar-refractivity contribution in [2.45, 2.75) is 54.4 Å². The van der Waals surface area contributed by atoms with Crippen LogP contribution in [0.1, 0.15) is 64.2 Å². The molecule has 0 saturated carbocycles. The molecule has 0 saturated heterocycles. The standard InChI is InChI=1S/C44H44N4/c1-8-16-33-35-23-24-36-34-21-13-14-22-39(34)48(41-27-37(31-18-11-10-12-19-31)45-40(46-41)28-44(5,6)7)43(36)42(35)47(38(33)9-2)32-20-15-17-30(26-32)25-29(3)4/h8-24,26-27,29H,2,25,28H2,1,3-7H3/b16-8-. The number of aromatic nitrogens is 4. The van der Waals surface area contributed by atoms with Crippen LogP contribution in [0.4, 0.5) is 0 Å². The van der Waals surface area contributed by atoms with E-state index in [9.17, 15) is 0 Å². The average molecular weight is 629 g/mol. The third-order valence-corrected chi connectivity index (χ3v) is 8.93. The first kappa shape index (κ1) is 31.4. The Hall–Kier alpha value is -5.22. The van der Waals surface area contributed by atoms with E-state index < -0.39 is 0 Å². The maximum atomic E-state index is 5.34. The maximum Gasteiger partial charge on any atom is 0.142 e. The molecule has 0 spiro atoms. The quantitative estimate of drug-likeness (QED) is 0.168. The molecule has 240 valence electrons. The highest BCUT2D eigenvalue weighted by atomic mass is 15.1. The van der Waals surface area contributed by atoms with Crippen molar-refractivity contribution in [2.75, 3.05) is 0 Å². The summed E-state index contributed by atoms with van der Waals surface area (Å²) in [5.41, 5.74) is 10.1. The molecule has 0 atom stereocenters. The fraction of sp³-hybridized carbons (Fsp3) is 0.227. The summed E-state index contributed by atoms with van der Waals surface area (Å²) in [7, 11) is 0. The van der Waals surface area contributed by atoms with E-state index in [0.29, 0.717) is 5.92 Å². The number of fused-ring (bicyclic) bond motifs is 5. The normalized spacial score (nSPS) is 12.3. The number of hydrogen-bond acceptors (Lipinski definition) is 2. The van der Waals surface area contributed by atoms with E-state index in [2.05, 4.69) is 166 Å². The van der Waals surface area contributed by atoms with Crippen molar-refractivity contribution in [1.82, 2.24) is 19.1 Å². The van der Waals surface area contributed by atoms with Crippen molar-refractivity contribution < 1.29 is 0 Å². The first-order valence-electron chi connectivity index (χ1n) is 17.1. The van der Waals surface area contributed by atoms with Gasteiger partial charge in [-0.25, -0.2) is 9.97 Å². The summed E-state index contributed by atoms with van der Waals surface area (Å²) in [6.45, 7) is 17.7. The Bertz CT molecular complexity index is 2320. The van der Waals surface area contributed by atoms with Crippen molar-refractivity contribution in [3.8, 4) is 22.8 Å². The fourth-order valence-electron chi connectivity index (χ4n) is 7.11. The van der Waals surface area contributed by atoms with Crippen LogP contribution < -0.4 is 0 Å². The molecule has 7 rings (SSSR count). The summed E-state index contributed by atoms with van der Waals surface area (Å²) in [5.74, 6) is 2.28. The van der Waals surface area contributed by atoms with E-state index in [0.717, 1.165) is 69.2 Å². The van der Waals surface area contributed by atoms with E-state index in [-0.39, 0.29) is 5.41 Å². The molecule has 0 radical (unpaired) electrons. The second kappa shape index (κ2) is 12.4. The van der Waals surface area contributed by atoms with Crippen LogP contribution in [-0.2, 0) is 12.8 Å². The van der Waals surface area contributed by atoms with Crippen LogP contribution in [0.5, 0.6) is 0 Å². The zero-order chi connectivity index (χ0) is 33.6. The van der Waals surface area contributed by atoms with Gasteiger partial charge in [0.25, 0.3) is 0 Å². The monoisotopic (exact) mass is 628 g/mol. The number of para-hydroxylation sites is 1. The van der Waals surface area contributed by atoms with Gasteiger partial charge in [0.15, 0.2) is 0 Å². The second-order valence-corrected chi connectivity index (χ2v) is 14.4. The molecule has 0 N–H and O–H groups in total. The van der Waals surface area contributed by atoms with Crippen LogP contribution in [0, 0.1) is 11.3 Å². The van der Waals surface area contributed by atoms with Gasteiger partial charge in [0.05, 0.1) is 27.9 Å².